The Bertz CT molecular complexity index is 382. The molecule has 1 amide bonds. The third kappa shape index (κ3) is 4.79. The molecule has 2 aliphatic heterocycles. The number of amides is 1. The molecule has 0 radical (unpaired) electrons. The molecule has 2 rings (SSSR count). The summed E-state index contributed by atoms with van der Waals surface area (Å²) in [4.78, 5) is 14.2. The van der Waals surface area contributed by atoms with E-state index in [1.54, 1.807) is 0 Å². The lowest BCUT2D eigenvalue weighted by molar-refractivity contribution is -0.0637. The summed E-state index contributed by atoms with van der Waals surface area (Å²) in [7, 11) is 0. The van der Waals surface area contributed by atoms with Crippen LogP contribution in [0.15, 0.2) is 0 Å². The van der Waals surface area contributed by atoms with Gasteiger partial charge in [0.15, 0.2) is 0 Å². The second kappa shape index (κ2) is 7.43. The molecule has 2 heterocycles. The third-order valence-electron chi connectivity index (χ3n) is 5.20. The summed E-state index contributed by atoms with van der Waals surface area (Å²) in [6.07, 6.45) is 2.83. The molecule has 128 valence electrons. The van der Waals surface area contributed by atoms with E-state index in [-0.39, 0.29) is 6.09 Å². The normalized spacial score (nSPS) is 25.7. The van der Waals surface area contributed by atoms with Crippen LogP contribution in [0.5, 0.6) is 0 Å². The largest absolute Gasteiger partial charge is 0.443 e. The summed E-state index contributed by atoms with van der Waals surface area (Å²) < 4.78 is 11.0. The first-order valence-electron chi connectivity index (χ1n) is 8.52. The minimum absolute atomic E-state index is 0.166. The number of hydrogen-bond acceptors (Lipinski definition) is 4. The van der Waals surface area contributed by atoms with Crippen LogP contribution in [0.1, 0.15) is 47.0 Å². The first kappa shape index (κ1) is 17.9. The molecule has 2 fully saturated rings. The molecule has 4 nitrogen and oxygen atoms in total. The second-order valence-corrected chi connectivity index (χ2v) is 8.49. The van der Waals surface area contributed by atoms with E-state index < -0.39 is 5.60 Å². The van der Waals surface area contributed by atoms with Crippen LogP contribution in [-0.2, 0) is 9.47 Å². The molecule has 0 aromatic carbocycles. The van der Waals surface area contributed by atoms with Crippen LogP contribution in [0, 0.1) is 17.8 Å². The number of rotatable bonds is 6. The van der Waals surface area contributed by atoms with Gasteiger partial charge < -0.3 is 14.4 Å². The van der Waals surface area contributed by atoms with E-state index in [0.29, 0.717) is 23.0 Å². The number of carbonyl (C=O) groups is 1. The molecule has 3 unspecified atom stereocenters. The zero-order chi connectivity index (χ0) is 16.3. The Morgan fingerprint density at radius 2 is 2.05 bits per heavy atom. The standard InChI is InChI=1S/C17H31NO3S/c1-12(15-10-20-11-15)5-7-17(3,4)21-16(19)18-8-6-14(9-18)13(2)22/h12-15,22H,5-11H2,1-4H3. The molecule has 0 aliphatic carbocycles. The first-order chi connectivity index (χ1) is 10.3. The number of carbonyl (C=O) groups excluding carboxylic acids is 1. The highest BCUT2D eigenvalue weighted by Gasteiger charge is 2.33. The molecule has 0 saturated carbocycles. The molecule has 2 saturated heterocycles. The van der Waals surface area contributed by atoms with Crippen LogP contribution < -0.4 is 0 Å². The number of hydrogen-bond donors (Lipinski definition) is 1. The monoisotopic (exact) mass is 329 g/mol. The van der Waals surface area contributed by atoms with E-state index in [0.717, 1.165) is 45.6 Å². The molecule has 5 heteroatoms. The van der Waals surface area contributed by atoms with Gasteiger partial charge in [-0.3, -0.25) is 0 Å². The van der Waals surface area contributed by atoms with Gasteiger partial charge in [-0.2, -0.15) is 12.6 Å². The van der Waals surface area contributed by atoms with E-state index in [1.807, 2.05) is 18.7 Å². The van der Waals surface area contributed by atoms with Crippen LogP contribution in [0.4, 0.5) is 4.79 Å². The lowest BCUT2D eigenvalue weighted by atomic mass is 9.86. The van der Waals surface area contributed by atoms with Gasteiger partial charge in [-0.1, -0.05) is 13.8 Å². The lowest BCUT2D eigenvalue weighted by Crippen LogP contribution is -2.38. The molecule has 22 heavy (non-hydrogen) atoms. The van der Waals surface area contributed by atoms with Gasteiger partial charge in [0.25, 0.3) is 0 Å². The van der Waals surface area contributed by atoms with Crippen molar-refractivity contribution in [2.45, 2.75) is 57.8 Å². The fourth-order valence-corrected chi connectivity index (χ4v) is 3.34. The first-order valence-corrected chi connectivity index (χ1v) is 9.04. The van der Waals surface area contributed by atoms with Crippen molar-refractivity contribution in [2.24, 2.45) is 17.8 Å². The Labute approximate surface area is 140 Å². The summed E-state index contributed by atoms with van der Waals surface area (Å²) in [5, 5.41) is 0.330. The van der Waals surface area contributed by atoms with Crippen LogP contribution in [0.25, 0.3) is 0 Å². The van der Waals surface area contributed by atoms with Crippen molar-refractivity contribution in [1.29, 1.82) is 0 Å². The van der Waals surface area contributed by atoms with Crippen molar-refractivity contribution in [2.75, 3.05) is 26.3 Å². The Kier molecular flexibility index (Phi) is 6.06. The Morgan fingerprint density at radius 1 is 1.36 bits per heavy atom. The maximum absolute atomic E-state index is 12.3. The second-order valence-electron chi connectivity index (χ2n) is 7.68. The van der Waals surface area contributed by atoms with Crippen LogP contribution in [-0.4, -0.2) is 48.1 Å². The molecular weight excluding hydrogens is 298 g/mol. The van der Waals surface area contributed by atoms with Gasteiger partial charge in [0.05, 0.1) is 13.2 Å². The van der Waals surface area contributed by atoms with E-state index in [2.05, 4.69) is 26.5 Å². The smallest absolute Gasteiger partial charge is 0.410 e. The van der Waals surface area contributed by atoms with Crippen molar-refractivity contribution < 1.29 is 14.3 Å². The summed E-state index contributed by atoms with van der Waals surface area (Å²) in [5.74, 6) is 1.80. The molecule has 0 bridgehead atoms. The fourth-order valence-electron chi connectivity index (χ4n) is 3.09. The fraction of sp³-hybridized carbons (Fsp3) is 0.941. The van der Waals surface area contributed by atoms with Gasteiger partial charge in [0.2, 0.25) is 0 Å². The van der Waals surface area contributed by atoms with Gasteiger partial charge in [0.1, 0.15) is 5.60 Å². The van der Waals surface area contributed by atoms with E-state index >= 15 is 0 Å². The topological polar surface area (TPSA) is 38.8 Å². The molecular formula is C17H31NO3S. The van der Waals surface area contributed by atoms with Crippen LogP contribution >= 0.6 is 12.6 Å². The molecule has 0 aromatic rings. The van der Waals surface area contributed by atoms with E-state index in [1.165, 1.54) is 0 Å². The van der Waals surface area contributed by atoms with Crippen molar-refractivity contribution in [3.05, 3.63) is 0 Å². The van der Waals surface area contributed by atoms with Gasteiger partial charge >= 0.3 is 6.09 Å². The number of thiol groups is 1. The van der Waals surface area contributed by atoms with Gasteiger partial charge in [0, 0.05) is 24.3 Å². The maximum atomic E-state index is 12.3. The number of ether oxygens (including phenoxy) is 2. The highest BCUT2D eigenvalue weighted by Crippen LogP contribution is 2.29. The molecule has 2 aliphatic rings. The lowest BCUT2D eigenvalue weighted by Gasteiger charge is -2.34. The minimum Gasteiger partial charge on any atom is -0.443 e. The molecule has 3 atom stereocenters. The zero-order valence-corrected chi connectivity index (χ0v) is 15.3. The summed E-state index contributed by atoms with van der Waals surface area (Å²) in [6, 6.07) is 0. The van der Waals surface area contributed by atoms with Gasteiger partial charge in [-0.25, -0.2) is 4.79 Å². The predicted molar refractivity (Wildman–Crippen MR) is 91.4 cm³/mol. The Morgan fingerprint density at radius 3 is 2.55 bits per heavy atom. The van der Waals surface area contributed by atoms with E-state index in [4.69, 9.17) is 9.47 Å². The Balaban J connectivity index is 1.74. The SMILES string of the molecule is CC(S)C1CCN(C(=O)OC(C)(C)CCC(C)C2COC2)C1. The minimum atomic E-state index is -0.402. The number of likely N-dealkylation sites (tertiary alicyclic amines) is 1. The molecule has 0 N–H and O–H groups in total. The van der Waals surface area contributed by atoms with Crippen LogP contribution in [0.2, 0.25) is 0 Å². The molecule has 0 spiro atoms. The van der Waals surface area contributed by atoms with Crippen molar-refractivity contribution >= 4 is 18.7 Å². The van der Waals surface area contributed by atoms with E-state index in [9.17, 15) is 4.79 Å². The highest BCUT2D eigenvalue weighted by atomic mass is 32.1. The van der Waals surface area contributed by atoms with Gasteiger partial charge in [-0.15, -0.1) is 0 Å². The zero-order valence-electron chi connectivity index (χ0n) is 14.4. The van der Waals surface area contributed by atoms with Crippen molar-refractivity contribution in [3.63, 3.8) is 0 Å². The van der Waals surface area contributed by atoms with Crippen molar-refractivity contribution in [1.82, 2.24) is 4.90 Å². The summed E-state index contributed by atoms with van der Waals surface area (Å²) >= 11 is 4.49. The molecule has 0 aromatic heterocycles. The van der Waals surface area contributed by atoms with Crippen LogP contribution in [0.3, 0.4) is 0 Å². The quantitative estimate of drug-likeness (QED) is 0.757. The average Bonchev–Trinajstić information content (AvgIpc) is 2.83. The average molecular weight is 330 g/mol. The summed E-state index contributed by atoms with van der Waals surface area (Å²) in [5.41, 5.74) is -0.402. The van der Waals surface area contributed by atoms with Gasteiger partial charge in [-0.05, 0) is 44.9 Å². The highest BCUT2D eigenvalue weighted by molar-refractivity contribution is 7.80. The third-order valence-corrected chi connectivity index (χ3v) is 5.62. The van der Waals surface area contributed by atoms with Crippen molar-refractivity contribution in [3.8, 4) is 0 Å². The number of nitrogens with zero attached hydrogens (tertiary/aromatic N) is 1. The Hall–Kier alpha value is -0.420. The predicted octanol–water partition coefficient (Wildman–Crippen LogP) is 3.60. The maximum Gasteiger partial charge on any atom is 0.410 e. The summed E-state index contributed by atoms with van der Waals surface area (Å²) in [6.45, 7) is 11.7.